The van der Waals surface area contributed by atoms with Crippen LogP contribution in [-0.2, 0) is 6.18 Å². The highest BCUT2D eigenvalue weighted by Crippen LogP contribution is 2.29. The Labute approximate surface area is 132 Å². The van der Waals surface area contributed by atoms with Crippen LogP contribution in [-0.4, -0.2) is 8.07 Å². The maximum atomic E-state index is 12.6. The summed E-state index contributed by atoms with van der Waals surface area (Å²) < 4.78 is 37.7. The number of unbranched alkanes of at least 4 members (excludes halogenated alkanes) is 1. The molecule has 0 aromatic heterocycles. The lowest BCUT2D eigenvalue weighted by Gasteiger charge is -2.07. The summed E-state index contributed by atoms with van der Waals surface area (Å²) in [5.41, 5.74) is 4.48. The van der Waals surface area contributed by atoms with E-state index in [4.69, 9.17) is 0 Å². The number of hydrogen-bond acceptors (Lipinski definition) is 0. The minimum absolute atomic E-state index is 0.618. The molecule has 4 heteroatoms. The monoisotopic (exact) mass is 324 g/mol. The zero-order valence-electron chi connectivity index (χ0n) is 13.6. The first-order valence-electron chi connectivity index (χ1n) is 7.53. The van der Waals surface area contributed by atoms with Crippen LogP contribution in [0.15, 0.2) is 29.8 Å². The molecule has 0 amide bonds. The van der Waals surface area contributed by atoms with E-state index < -0.39 is 19.8 Å². The van der Waals surface area contributed by atoms with E-state index in [0.717, 1.165) is 42.5 Å². The molecule has 0 radical (unpaired) electrons. The normalized spacial score (nSPS) is 12.8. The predicted molar refractivity (Wildman–Crippen MR) is 90.1 cm³/mol. The van der Waals surface area contributed by atoms with Crippen LogP contribution in [0.25, 0.3) is 6.08 Å². The van der Waals surface area contributed by atoms with Crippen molar-refractivity contribution in [1.29, 1.82) is 0 Å². The predicted octanol–water partition coefficient (Wildman–Crippen LogP) is 6.16. The van der Waals surface area contributed by atoms with Gasteiger partial charge in [-0.2, -0.15) is 13.2 Å². The van der Waals surface area contributed by atoms with Gasteiger partial charge in [-0.05, 0) is 36.6 Å². The maximum Gasteiger partial charge on any atom is 0.416 e. The summed E-state index contributed by atoms with van der Waals surface area (Å²) in [6.07, 6.45) is 0.592. The van der Waals surface area contributed by atoms with E-state index in [1.807, 2.05) is 6.08 Å². The van der Waals surface area contributed by atoms with Crippen molar-refractivity contribution in [2.24, 2.45) is 0 Å². The number of halogens is 3. The Morgan fingerprint density at radius 2 is 1.73 bits per heavy atom. The SMILES string of the molecule is CCCC/C(C#C[Si](C)(C)C)=C\c1ccc(C(F)(F)F)cc1. The maximum absolute atomic E-state index is 12.6. The topological polar surface area (TPSA) is 0 Å². The van der Waals surface area contributed by atoms with Crippen LogP contribution in [0.4, 0.5) is 13.2 Å². The number of allylic oxidation sites excluding steroid dienone is 1. The number of rotatable bonds is 4. The van der Waals surface area contributed by atoms with Gasteiger partial charge >= 0.3 is 6.18 Å². The summed E-state index contributed by atoms with van der Waals surface area (Å²) in [5.74, 6) is 3.24. The Bertz CT molecular complexity index is 564. The summed E-state index contributed by atoms with van der Waals surface area (Å²) in [4.78, 5) is 0. The summed E-state index contributed by atoms with van der Waals surface area (Å²) in [5, 5.41) is 0. The van der Waals surface area contributed by atoms with Gasteiger partial charge < -0.3 is 0 Å². The van der Waals surface area contributed by atoms with Crippen molar-refractivity contribution in [2.75, 3.05) is 0 Å². The van der Waals surface area contributed by atoms with E-state index in [0.29, 0.717) is 0 Å². The Hall–Kier alpha value is -1.47. The standard InChI is InChI=1S/C18H23F3Si/c1-5-6-7-15(12-13-22(2,3)4)14-16-8-10-17(11-9-16)18(19,20)21/h8-11,14H,5-7H2,1-4H3/b15-14+. The van der Waals surface area contributed by atoms with Crippen LogP contribution in [0, 0.1) is 11.5 Å². The van der Waals surface area contributed by atoms with Crippen molar-refractivity contribution in [3.8, 4) is 11.5 Å². The smallest absolute Gasteiger partial charge is 0.166 e. The first kappa shape index (κ1) is 18.6. The first-order valence-corrected chi connectivity index (χ1v) is 11.0. The van der Waals surface area contributed by atoms with Crippen molar-refractivity contribution in [2.45, 2.75) is 52.0 Å². The lowest BCUT2D eigenvalue weighted by molar-refractivity contribution is -0.137. The molecule has 0 aliphatic carbocycles. The second kappa shape index (κ2) is 7.69. The molecule has 0 aliphatic rings. The highest BCUT2D eigenvalue weighted by molar-refractivity contribution is 6.83. The van der Waals surface area contributed by atoms with Crippen molar-refractivity contribution < 1.29 is 13.2 Å². The minimum Gasteiger partial charge on any atom is -0.166 e. The van der Waals surface area contributed by atoms with Gasteiger partial charge in [-0.15, -0.1) is 5.54 Å². The number of hydrogen-bond donors (Lipinski definition) is 0. The molecule has 120 valence electrons. The molecule has 0 heterocycles. The van der Waals surface area contributed by atoms with Crippen molar-refractivity contribution >= 4 is 14.1 Å². The van der Waals surface area contributed by atoms with E-state index in [-0.39, 0.29) is 0 Å². The third-order valence-corrected chi connectivity index (χ3v) is 3.85. The van der Waals surface area contributed by atoms with E-state index in [1.54, 1.807) is 0 Å². The average Bonchev–Trinajstić information content (AvgIpc) is 2.40. The van der Waals surface area contributed by atoms with Gasteiger partial charge in [-0.25, -0.2) is 0 Å². The summed E-state index contributed by atoms with van der Waals surface area (Å²) in [6, 6.07) is 5.25. The molecule has 0 saturated heterocycles. The van der Waals surface area contributed by atoms with Gasteiger partial charge in [0.05, 0.1) is 5.56 Å². The molecule has 0 spiro atoms. The number of benzene rings is 1. The summed E-state index contributed by atoms with van der Waals surface area (Å²) in [6.45, 7) is 8.64. The fourth-order valence-electron chi connectivity index (χ4n) is 1.78. The zero-order chi connectivity index (χ0) is 16.8. The Morgan fingerprint density at radius 1 is 1.14 bits per heavy atom. The first-order chi connectivity index (χ1) is 10.1. The lowest BCUT2D eigenvalue weighted by atomic mass is 10.0. The van der Waals surface area contributed by atoms with Gasteiger partial charge in [0.15, 0.2) is 0 Å². The Kier molecular flexibility index (Phi) is 6.49. The van der Waals surface area contributed by atoms with Gasteiger partial charge in [-0.3, -0.25) is 0 Å². The van der Waals surface area contributed by atoms with Crippen LogP contribution in [0.2, 0.25) is 19.6 Å². The van der Waals surface area contributed by atoms with Gasteiger partial charge in [0.2, 0.25) is 0 Å². The molecule has 0 N–H and O–H groups in total. The average molecular weight is 324 g/mol. The van der Waals surface area contributed by atoms with Gasteiger partial charge in [-0.1, -0.05) is 51.0 Å². The molecule has 0 atom stereocenters. The van der Waals surface area contributed by atoms with Crippen LogP contribution >= 0.6 is 0 Å². The Morgan fingerprint density at radius 3 is 2.18 bits per heavy atom. The highest BCUT2D eigenvalue weighted by atomic mass is 28.3. The van der Waals surface area contributed by atoms with E-state index >= 15 is 0 Å². The molecule has 0 bridgehead atoms. The molecule has 0 nitrogen and oxygen atoms in total. The fourth-order valence-corrected chi connectivity index (χ4v) is 2.31. The molecular formula is C18H23F3Si. The molecule has 0 aliphatic heterocycles. The zero-order valence-corrected chi connectivity index (χ0v) is 14.6. The molecule has 0 fully saturated rings. The van der Waals surface area contributed by atoms with Crippen LogP contribution in [0.5, 0.6) is 0 Å². The third kappa shape index (κ3) is 6.99. The summed E-state index contributed by atoms with van der Waals surface area (Å²) >= 11 is 0. The molecule has 0 unspecified atom stereocenters. The lowest BCUT2D eigenvalue weighted by Crippen LogP contribution is -2.16. The van der Waals surface area contributed by atoms with E-state index in [2.05, 4.69) is 38.0 Å². The van der Waals surface area contributed by atoms with Crippen molar-refractivity contribution in [1.82, 2.24) is 0 Å². The van der Waals surface area contributed by atoms with Crippen LogP contribution in [0.1, 0.15) is 37.3 Å². The minimum atomic E-state index is -4.29. The van der Waals surface area contributed by atoms with Crippen molar-refractivity contribution in [3.05, 3.63) is 41.0 Å². The van der Waals surface area contributed by atoms with E-state index in [9.17, 15) is 13.2 Å². The quantitative estimate of drug-likeness (QED) is 0.459. The molecular weight excluding hydrogens is 301 g/mol. The summed E-state index contributed by atoms with van der Waals surface area (Å²) in [7, 11) is -1.46. The van der Waals surface area contributed by atoms with E-state index in [1.165, 1.54) is 12.1 Å². The van der Waals surface area contributed by atoms with Crippen LogP contribution in [0.3, 0.4) is 0 Å². The second-order valence-electron chi connectivity index (χ2n) is 6.39. The van der Waals surface area contributed by atoms with Gasteiger partial charge in [0, 0.05) is 5.57 Å². The van der Waals surface area contributed by atoms with Crippen LogP contribution < -0.4 is 0 Å². The second-order valence-corrected chi connectivity index (χ2v) is 11.1. The van der Waals surface area contributed by atoms with Gasteiger partial charge in [0.25, 0.3) is 0 Å². The fraction of sp³-hybridized carbons (Fsp3) is 0.444. The number of alkyl halides is 3. The highest BCUT2D eigenvalue weighted by Gasteiger charge is 2.29. The third-order valence-electron chi connectivity index (χ3n) is 2.98. The molecule has 1 rings (SSSR count). The molecule has 1 aromatic rings. The Balaban J connectivity index is 3.02. The molecule has 0 saturated carbocycles. The molecule has 22 heavy (non-hydrogen) atoms. The molecule has 1 aromatic carbocycles. The van der Waals surface area contributed by atoms with Crippen molar-refractivity contribution in [3.63, 3.8) is 0 Å². The van der Waals surface area contributed by atoms with Gasteiger partial charge in [0.1, 0.15) is 8.07 Å². The largest absolute Gasteiger partial charge is 0.416 e.